The van der Waals surface area contributed by atoms with Crippen molar-refractivity contribution in [1.82, 2.24) is 0 Å². The van der Waals surface area contributed by atoms with E-state index in [2.05, 4.69) is 32.9 Å². The summed E-state index contributed by atoms with van der Waals surface area (Å²) in [5.74, 6) is 0.961. The number of epoxide rings is 1. The molecule has 0 radical (unpaired) electrons. The lowest BCUT2D eigenvalue weighted by Crippen LogP contribution is -2.07. The fraction of sp³-hybridized carbons (Fsp3) is 0.600. The van der Waals surface area contributed by atoms with Crippen LogP contribution in [0.1, 0.15) is 45.3 Å². The van der Waals surface area contributed by atoms with E-state index in [4.69, 9.17) is 9.47 Å². The van der Waals surface area contributed by atoms with Crippen molar-refractivity contribution in [2.24, 2.45) is 5.41 Å². The Balaban J connectivity index is 1.71. The van der Waals surface area contributed by atoms with Crippen molar-refractivity contribution in [3.8, 4) is 5.75 Å². The molecule has 1 unspecified atom stereocenters. The van der Waals surface area contributed by atoms with Crippen molar-refractivity contribution in [3.05, 3.63) is 29.8 Å². The van der Waals surface area contributed by atoms with Crippen molar-refractivity contribution < 1.29 is 9.47 Å². The maximum absolute atomic E-state index is 5.72. The molecule has 0 N–H and O–H groups in total. The second-order valence-electron chi connectivity index (χ2n) is 5.90. The Labute approximate surface area is 104 Å². The highest BCUT2D eigenvalue weighted by atomic mass is 16.6. The largest absolute Gasteiger partial charge is 0.494 e. The number of hydrogen-bond donors (Lipinski definition) is 0. The van der Waals surface area contributed by atoms with Crippen molar-refractivity contribution >= 4 is 0 Å². The summed E-state index contributed by atoms with van der Waals surface area (Å²) in [6, 6.07) is 8.26. The van der Waals surface area contributed by atoms with E-state index in [1.54, 1.807) is 0 Å². The summed E-state index contributed by atoms with van der Waals surface area (Å²) in [7, 11) is 0. The minimum Gasteiger partial charge on any atom is -0.494 e. The Bertz CT molecular complexity index is 344. The fourth-order valence-corrected chi connectivity index (χ4v) is 1.81. The lowest BCUT2D eigenvalue weighted by Gasteiger charge is -2.17. The molecule has 1 fully saturated rings. The molecule has 17 heavy (non-hydrogen) atoms. The first-order chi connectivity index (χ1) is 8.04. The highest BCUT2D eigenvalue weighted by Crippen LogP contribution is 2.30. The van der Waals surface area contributed by atoms with Gasteiger partial charge in [-0.3, -0.25) is 0 Å². The van der Waals surface area contributed by atoms with Gasteiger partial charge < -0.3 is 9.47 Å². The molecule has 2 nitrogen and oxygen atoms in total. The summed E-state index contributed by atoms with van der Waals surface area (Å²) in [5.41, 5.74) is 1.66. The summed E-state index contributed by atoms with van der Waals surface area (Å²) in [6.07, 6.45) is 2.64. The molecule has 2 heteroatoms. The van der Waals surface area contributed by atoms with Crippen molar-refractivity contribution in [2.75, 3.05) is 13.2 Å². The Morgan fingerprint density at radius 2 is 1.88 bits per heavy atom. The van der Waals surface area contributed by atoms with Crippen molar-refractivity contribution in [1.29, 1.82) is 0 Å². The summed E-state index contributed by atoms with van der Waals surface area (Å²) in [6.45, 7) is 8.45. The molecule has 0 aliphatic carbocycles. The molecule has 0 aromatic heterocycles. The molecule has 0 amide bonds. The first kappa shape index (κ1) is 12.4. The average molecular weight is 234 g/mol. The van der Waals surface area contributed by atoms with Crippen LogP contribution < -0.4 is 4.74 Å². The molecule has 1 heterocycles. The zero-order chi connectivity index (χ0) is 12.3. The van der Waals surface area contributed by atoms with Crippen LogP contribution in [-0.4, -0.2) is 13.2 Å². The minimum absolute atomic E-state index is 0.338. The van der Waals surface area contributed by atoms with Gasteiger partial charge in [-0.25, -0.2) is 0 Å². The standard InChI is InChI=1S/C15H22O2/c1-15(2,3)9-4-10-16-13-7-5-12(6-8-13)14-11-17-14/h5-8,14H,4,9-11H2,1-3H3. The topological polar surface area (TPSA) is 21.8 Å². The van der Waals surface area contributed by atoms with Crippen LogP contribution in [0.2, 0.25) is 0 Å². The van der Waals surface area contributed by atoms with Gasteiger partial charge in [-0.2, -0.15) is 0 Å². The molecule has 0 saturated carbocycles. The van der Waals surface area contributed by atoms with Gasteiger partial charge in [-0.05, 0) is 36.0 Å². The number of benzene rings is 1. The van der Waals surface area contributed by atoms with Gasteiger partial charge in [0.15, 0.2) is 0 Å². The second kappa shape index (κ2) is 5.09. The molecule has 2 rings (SSSR count). The van der Waals surface area contributed by atoms with E-state index in [9.17, 15) is 0 Å². The highest BCUT2D eigenvalue weighted by molar-refractivity contribution is 5.29. The van der Waals surface area contributed by atoms with E-state index in [0.717, 1.165) is 25.4 Å². The molecule has 94 valence electrons. The molecule has 1 aromatic carbocycles. The van der Waals surface area contributed by atoms with Crippen LogP contribution in [0.5, 0.6) is 5.75 Å². The Morgan fingerprint density at radius 1 is 1.24 bits per heavy atom. The molecular formula is C15H22O2. The van der Waals surface area contributed by atoms with Crippen LogP contribution in [0.15, 0.2) is 24.3 Å². The lowest BCUT2D eigenvalue weighted by molar-refractivity contribution is 0.269. The van der Waals surface area contributed by atoms with Crippen molar-refractivity contribution in [3.63, 3.8) is 0 Å². The zero-order valence-corrected chi connectivity index (χ0v) is 11.0. The number of ether oxygens (including phenoxy) is 2. The summed E-state index contributed by atoms with van der Waals surface area (Å²) in [4.78, 5) is 0. The average Bonchev–Trinajstić information content (AvgIpc) is 3.08. The molecule has 0 spiro atoms. The van der Waals surface area contributed by atoms with Gasteiger partial charge in [0.25, 0.3) is 0 Å². The third-order valence-corrected chi connectivity index (χ3v) is 2.93. The van der Waals surface area contributed by atoms with Crippen LogP contribution in [-0.2, 0) is 4.74 Å². The predicted octanol–water partition coefficient (Wildman–Crippen LogP) is 3.96. The maximum atomic E-state index is 5.72. The smallest absolute Gasteiger partial charge is 0.119 e. The molecule has 1 saturated heterocycles. The number of rotatable bonds is 5. The third kappa shape index (κ3) is 4.39. The first-order valence-electron chi connectivity index (χ1n) is 6.39. The van der Waals surface area contributed by atoms with Gasteiger partial charge in [-0.15, -0.1) is 0 Å². The lowest BCUT2D eigenvalue weighted by atomic mass is 9.91. The van der Waals surface area contributed by atoms with Crippen molar-refractivity contribution in [2.45, 2.75) is 39.7 Å². The summed E-state index contributed by atoms with van der Waals surface area (Å²) in [5, 5.41) is 0. The van der Waals surface area contributed by atoms with E-state index >= 15 is 0 Å². The molecule has 1 atom stereocenters. The normalized spacial score (nSPS) is 19.1. The molecule has 1 aliphatic heterocycles. The van der Waals surface area contributed by atoms with E-state index in [-0.39, 0.29) is 0 Å². The van der Waals surface area contributed by atoms with E-state index in [1.807, 2.05) is 12.1 Å². The van der Waals surface area contributed by atoms with Gasteiger partial charge in [-0.1, -0.05) is 32.9 Å². The third-order valence-electron chi connectivity index (χ3n) is 2.93. The van der Waals surface area contributed by atoms with Gasteiger partial charge in [0.1, 0.15) is 11.9 Å². The Kier molecular flexibility index (Phi) is 3.72. The molecule has 0 bridgehead atoms. The Morgan fingerprint density at radius 3 is 2.41 bits per heavy atom. The van der Waals surface area contributed by atoms with Gasteiger partial charge in [0, 0.05) is 0 Å². The molecule has 1 aliphatic rings. The number of hydrogen-bond acceptors (Lipinski definition) is 2. The fourth-order valence-electron chi connectivity index (χ4n) is 1.81. The quantitative estimate of drug-likeness (QED) is 0.568. The van der Waals surface area contributed by atoms with E-state index < -0.39 is 0 Å². The highest BCUT2D eigenvalue weighted by Gasteiger charge is 2.24. The van der Waals surface area contributed by atoms with Crippen LogP contribution >= 0.6 is 0 Å². The zero-order valence-electron chi connectivity index (χ0n) is 11.0. The van der Waals surface area contributed by atoms with E-state index in [1.165, 1.54) is 12.0 Å². The van der Waals surface area contributed by atoms with E-state index in [0.29, 0.717) is 11.5 Å². The maximum Gasteiger partial charge on any atom is 0.119 e. The van der Waals surface area contributed by atoms with Crippen LogP contribution in [0.3, 0.4) is 0 Å². The second-order valence-corrected chi connectivity index (χ2v) is 5.90. The van der Waals surface area contributed by atoms with Crippen LogP contribution in [0, 0.1) is 5.41 Å². The monoisotopic (exact) mass is 234 g/mol. The van der Waals surface area contributed by atoms with Gasteiger partial charge >= 0.3 is 0 Å². The summed E-state index contributed by atoms with van der Waals surface area (Å²) < 4.78 is 10.9. The van der Waals surface area contributed by atoms with Gasteiger partial charge in [0.2, 0.25) is 0 Å². The predicted molar refractivity (Wildman–Crippen MR) is 69.3 cm³/mol. The Hall–Kier alpha value is -1.02. The molecular weight excluding hydrogens is 212 g/mol. The minimum atomic E-state index is 0.338. The first-order valence-corrected chi connectivity index (χ1v) is 6.39. The molecule has 1 aromatic rings. The summed E-state index contributed by atoms with van der Waals surface area (Å²) >= 11 is 0. The van der Waals surface area contributed by atoms with Gasteiger partial charge in [0.05, 0.1) is 13.2 Å². The SMILES string of the molecule is CC(C)(C)CCCOc1ccc(C2CO2)cc1. The van der Waals surface area contributed by atoms with Crippen LogP contribution in [0.4, 0.5) is 0 Å². The van der Waals surface area contributed by atoms with Crippen LogP contribution in [0.25, 0.3) is 0 Å².